The van der Waals surface area contributed by atoms with E-state index >= 15 is 0 Å². The zero-order valence-electron chi connectivity index (χ0n) is 20.1. The molecule has 0 saturated heterocycles. The summed E-state index contributed by atoms with van der Waals surface area (Å²) in [6.07, 6.45) is 5.93. The molecule has 0 radical (unpaired) electrons. The number of fused-ring (bicyclic) bond motifs is 1. The van der Waals surface area contributed by atoms with Crippen LogP contribution in [-0.2, 0) is 6.42 Å². The molecule has 8 heteroatoms. The van der Waals surface area contributed by atoms with Crippen LogP contribution < -0.4 is 15.5 Å². The first-order valence-electron chi connectivity index (χ1n) is 11.2. The third-order valence-electron chi connectivity index (χ3n) is 4.96. The van der Waals surface area contributed by atoms with Crippen molar-refractivity contribution in [3.8, 4) is 11.8 Å². The van der Waals surface area contributed by atoms with Crippen LogP contribution in [0.3, 0.4) is 0 Å². The van der Waals surface area contributed by atoms with Crippen molar-refractivity contribution in [2.45, 2.75) is 19.8 Å². The monoisotopic (exact) mass is 480 g/mol. The molecule has 1 aliphatic rings. The van der Waals surface area contributed by atoms with E-state index in [2.05, 4.69) is 57.6 Å². The number of nitrogens with zero attached hydrogens (tertiary/aromatic N) is 2. The van der Waals surface area contributed by atoms with Gasteiger partial charge in [0.05, 0.1) is 5.69 Å². The number of carbonyl (C=O) groups excluding carboxylic acids is 1. The van der Waals surface area contributed by atoms with E-state index in [-0.39, 0.29) is 5.69 Å². The van der Waals surface area contributed by atoms with E-state index in [4.69, 9.17) is 5.11 Å². The molecule has 0 spiro atoms. The molecular formula is C27H30F2N4O2. The minimum atomic E-state index is -0.669. The molecule has 0 unspecified atom stereocenters. The van der Waals surface area contributed by atoms with E-state index in [9.17, 15) is 13.6 Å². The van der Waals surface area contributed by atoms with Crippen LogP contribution in [0.5, 0.6) is 0 Å². The first kappa shape index (κ1) is 27.3. The first-order chi connectivity index (χ1) is 17.0. The van der Waals surface area contributed by atoms with Crippen molar-refractivity contribution in [3.63, 3.8) is 0 Å². The zero-order chi connectivity index (χ0) is 25.6. The number of rotatable bonds is 2. The lowest BCUT2D eigenvalue weighted by atomic mass is 10.00. The van der Waals surface area contributed by atoms with Gasteiger partial charge in [-0.2, -0.15) is 0 Å². The van der Waals surface area contributed by atoms with Gasteiger partial charge in [0.15, 0.2) is 0 Å². The molecule has 3 aromatic rings. The molecule has 2 amide bonds. The highest BCUT2D eigenvalue weighted by Crippen LogP contribution is 2.26. The number of aliphatic hydroxyl groups excluding tert-OH is 1. The van der Waals surface area contributed by atoms with E-state index < -0.39 is 17.7 Å². The predicted octanol–water partition coefficient (Wildman–Crippen LogP) is 4.58. The summed E-state index contributed by atoms with van der Waals surface area (Å²) in [7, 11) is 3.15. The Bertz CT molecular complexity index is 1160. The van der Waals surface area contributed by atoms with Crippen molar-refractivity contribution < 1.29 is 18.7 Å². The summed E-state index contributed by atoms with van der Waals surface area (Å²) in [6.45, 7) is 3.29. The van der Waals surface area contributed by atoms with Crippen LogP contribution in [-0.4, -0.2) is 43.4 Å². The smallest absolute Gasteiger partial charge is 0.319 e. The molecule has 3 N–H and O–H groups in total. The van der Waals surface area contributed by atoms with Crippen LogP contribution in [0.1, 0.15) is 30.0 Å². The van der Waals surface area contributed by atoms with Crippen LogP contribution in [0.4, 0.5) is 25.0 Å². The van der Waals surface area contributed by atoms with Gasteiger partial charge in [0, 0.05) is 62.5 Å². The second-order valence-electron chi connectivity index (χ2n) is 7.47. The number of hydrogen-bond acceptors (Lipinski definition) is 4. The molecule has 2 heterocycles. The number of halogens is 2. The normalized spacial score (nSPS) is 11.3. The molecular weight excluding hydrogens is 450 g/mol. The average Bonchev–Trinajstić information content (AvgIpc) is 2.87. The molecule has 0 saturated carbocycles. The Hall–Kier alpha value is -3.96. The van der Waals surface area contributed by atoms with E-state index in [1.807, 2.05) is 12.1 Å². The number of benzene rings is 2. The lowest BCUT2D eigenvalue weighted by molar-refractivity contribution is 0.252. The third-order valence-corrected chi connectivity index (χ3v) is 4.96. The minimum Gasteiger partial charge on any atom is -0.400 e. The van der Waals surface area contributed by atoms with Gasteiger partial charge in [-0.3, -0.25) is 4.98 Å². The molecule has 2 aromatic carbocycles. The van der Waals surface area contributed by atoms with Crippen LogP contribution >= 0.6 is 0 Å². The van der Waals surface area contributed by atoms with Crippen LogP contribution in [0.2, 0.25) is 0 Å². The number of hydrogen-bond donors (Lipinski definition) is 3. The van der Waals surface area contributed by atoms with Crippen molar-refractivity contribution in [2.24, 2.45) is 0 Å². The summed E-state index contributed by atoms with van der Waals surface area (Å²) >= 11 is 0. The van der Waals surface area contributed by atoms with E-state index in [1.165, 1.54) is 17.7 Å². The van der Waals surface area contributed by atoms with Crippen molar-refractivity contribution >= 4 is 17.4 Å². The van der Waals surface area contributed by atoms with Gasteiger partial charge >= 0.3 is 6.03 Å². The molecule has 0 aliphatic carbocycles. The number of aliphatic hydroxyl groups is 1. The molecule has 1 aliphatic heterocycles. The van der Waals surface area contributed by atoms with Gasteiger partial charge in [-0.15, -0.1) is 0 Å². The topological polar surface area (TPSA) is 77.5 Å². The molecule has 35 heavy (non-hydrogen) atoms. The fraction of sp³-hybridized carbons (Fsp3) is 0.259. The van der Waals surface area contributed by atoms with Gasteiger partial charge in [0.2, 0.25) is 0 Å². The standard InChI is InChI=1S/C17H16N2.C9H10F2N2O.CH4O/c1-19-11-3-5-16-12-14(8-9-17(16)19)6-7-15-4-2-10-18-13-15;1-2-12-9(14)13-8-5-6(10)3-4-7(8)11;1-2/h2,4,8-10,12-13H,3,5,11H2,1H3;3-5H,2H2,1H3,(H2,12,13,14);2H,1H3. The number of anilines is 2. The van der Waals surface area contributed by atoms with Gasteiger partial charge in [0.1, 0.15) is 11.6 Å². The van der Waals surface area contributed by atoms with Crippen LogP contribution in [0.15, 0.2) is 60.9 Å². The van der Waals surface area contributed by atoms with E-state index in [1.54, 1.807) is 19.3 Å². The average molecular weight is 481 g/mol. The van der Waals surface area contributed by atoms with Crippen molar-refractivity contribution in [1.29, 1.82) is 0 Å². The third kappa shape index (κ3) is 8.72. The van der Waals surface area contributed by atoms with Crippen LogP contribution in [0, 0.1) is 23.5 Å². The number of carbonyl (C=O) groups is 1. The molecule has 1 aromatic heterocycles. The van der Waals surface area contributed by atoms with Crippen molar-refractivity contribution in [1.82, 2.24) is 10.3 Å². The number of aromatic nitrogens is 1. The Labute approximate surface area is 205 Å². The van der Waals surface area contributed by atoms with Gasteiger partial charge in [-0.05, 0) is 67.8 Å². The Kier molecular flexibility index (Phi) is 11.2. The highest BCUT2D eigenvalue weighted by Gasteiger charge is 2.13. The quantitative estimate of drug-likeness (QED) is 0.470. The van der Waals surface area contributed by atoms with E-state index in [0.29, 0.717) is 6.54 Å². The summed E-state index contributed by atoms with van der Waals surface area (Å²) in [6, 6.07) is 12.7. The maximum Gasteiger partial charge on any atom is 0.319 e. The van der Waals surface area contributed by atoms with E-state index in [0.717, 1.165) is 49.4 Å². The minimum absolute atomic E-state index is 0.170. The van der Waals surface area contributed by atoms with Gasteiger partial charge in [-0.25, -0.2) is 13.6 Å². The fourth-order valence-corrected chi connectivity index (χ4v) is 3.36. The Morgan fingerprint density at radius 3 is 2.60 bits per heavy atom. The second kappa shape index (κ2) is 14.3. The number of pyridine rings is 1. The summed E-state index contributed by atoms with van der Waals surface area (Å²) in [4.78, 5) is 17.3. The Morgan fingerprint density at radius 1 is 1.11 bits per heavy atom. The molecule has 0 fully saturated rings. The summed E-state index contributed by atoms with van der Waals surface area (Å²) in [5, 5.41) is 11.6. The Morgan fingerprint density at radius 2 is 1.89 bits per heavy atom. The summed E-state index contributed by atoms with van der Waals surface area (Å²) in [5.74, 6) is 5.10. The van der Waals surface area contributed by atoms with Gasteiger partial charge in [0.25, 0.3) is 0 Å². The number of nitrogens with one attached hydrogen (secondary N) is 2. The molecule has 0 bridgehead atoms. The maximum absolute atomic E-state index is 13.0. The highest BCUT2D eigenvalue weighted by atomic mass is 19.1. The SMILES string of the molecule is CCNC(=O)Nc1cc(F)ccc1F.CN1CCCc2cc(C#Cc3cccnc3)ccc21.CO. The summed E-state index contributed by atoms with van der Waals surface area (Å²) in [5.41, 5.74) is 4.62. The molecule has 184 valence electrons. The van der Waals surface area contributed by atoms with Crippen LogP contribution in [0.25, 0.3) is 0 Å². The van der Waals surface area contributed by atoms with Gasteiger partial charge in [-0.1, -0.05) is 11.8 Å². The largest absolute Gasteiger partial charge is 0.400 e. The first-order valence-corrected chi connectivity index (χ1v) is 11.2. The lowest BCUT2D eigenvalue weighted by Crippen LogP contribution is -2.28. The van der Waals surface area contributed by atoms with Crippen molar-refractivity contribution in [2.75, 3.05) is 37.5 Å². The molecule has 4 rings (SSSR count). The Balaban J connectivity index is 0.000000241. The number of urea groups is 1. The second-order valence-corrected chi connectivity index (χ2v) is 7.47. The van der Waals surface area contributed by atoms with Gasteiger partial charge < -0.3 is 20.6 Å². The lowest BCUT2D eigenvalue weighted by Gasteiger charge is -2.27. The fourth-order valence-electron chi connectivity index (χ4n) is 3.36. The number of amides is 2. The predicted molar refractivity (Wildman–Crippen MR) is 135 cm³/mol. The highest BCUT2D eigenvalue weighted by molar-refractivity contribution is 5.89. The zero-order valence-corrected chi connectivity index (χ0v) is 20.1. The number of aryl methyl sites for hydroxylation is 1. The summed E-state index contributed by atoms with van der Waals surface area (Å²) < 4.78 is 25.6. The van der Waals surface area contributed by atoms with Crippen molar-refractivity contribution in [3.05, 3.63) is 89.2 Å². The molecule has 6 nitrogen and oxygen atoms in total. The molecule has 0 atom stereocenters. The maximum atomic E-state index is 13.0.